The lowest BCUT2D eigenvalue weighted by Gasteiger charge is -2.38. The molecule has 4 rings (SSSR count). The third-order valence-electron chi connectivity index (χ3n) is 7.50. The number of hydrogen-bond acceptors (Lipinski definition) is 3. The minimum atomic E-state index is -4.56. The fraction of sp³-hybridized carbons (Fsp3) is 0.419. The summed E-state index contributed by atoms with van der Waals surface area (Å²) in [6, 6.07) is 14.2. The Labute approximate surface area is 232 Å². The Morgan fingerprint density at radius 1 is 1.05 bits per heavy atom. The van der Waals surface area contributed by atoms with Crippen LogP contribution < -0.4 is 0 Å². The monoisotopic (exact) mass is 556 g/mol. The molecule has 208 valence electrons. The molecule has 8 heteroatoms. The van der Waals surface area contributed by atoms with Crippen LogP contribution in [0.15, 0.2) is 60.0 Å². The zero-order valence-corrected chi connectivity index (χ0v) is 23.8. The van der Waals surface area contributed by atoms with Crippen LogP contribution in [0.1, 0.15) is 84.6 Å². The summed E-state index contributed by atoms with van der Waals surface area (Å²) < 4.78 is 39.9. The van der Waals surface area contributed by atoms with Crippen molar-refractivity contribution in [2.45, 2.75) is 71.1 Å². The van der Waals surface area contributed by atoms with Gasteiger partial charge in [0.2, 0.25) is 5.91 Å². The van der Waals surface area contributed by atoms with Crippen molar-refractivity contribution in [1.82, 2.24) is 9.80 Å². The predicted octanol–water partition coefficient (Wildman–Crippen LogP) is 7.48. The van der Waals surface area contributed by atoms with Crippen LogP contribution in [0.25, 0.3) is 0 Å². The van der Waals surface area contributed by atoms with Crippen LogP contribution >= 0.6 is 11.3 Å². The maximum Gasteiger partial charge on any atom is 0.416 e. The Balaban J connectivity index is 1.65. The summed E-state index contributed by atoms with van der Waals surface area (Å²) in [5, 5.41) is 2.04. The minimum absolute atomic E-state index is 0.00524. The van der Waals surface area contributed by atoms with Crippen molar-refractivity contribution in [2.75, 3.05) is 13.1 Å². The summed E-state index contributed by atoms with van der Waals surface area (Å²) in [6.45, 7) is 10.5. The first-order chi connectivity index (χ1) is 18.3. The second kappa shape index (κ2) is 11.2. The minimum Gasteiger partial charge on any atom is -0.330 e. The van der Waals surface area contributed by atoms with E-state index < -0.39 is 17.6 Å². The molecule has 0 fully saturated rings. The number of benzene rings is 2. The molecule has 2 aromatic carbocycles. The molecule has 3 aromatic rings. The number of carbonyl (C=O) groups excluding carboxylic acids is 2. The lowest BCUT2D eigenvalue weighted by molar-refractivity contribution is -0.137. The molecule has 39 heavy (non-hydrogen) atoms. The SMILES string of the molecule is CC[C@H](C)N(CC(=O)N1CCc2sccc2[C@H]1c1ccc(C(C)(C)C)cc1)C(=O)c1cccc(C(F)(F)F)c1. The normalized spacial score (nSPS) is 16.5. The first kappa shape index (κ1) is 28.9. The first-order valence-electron chi connectivity index (χ1n) is 13.3. The predicted molar refractivity (Wildman–Crippen MR) is 149 cm³/mol. The Hall–Kier alpha value is -3.13. The molecule has 0 saturated carbocycles. The van der Waals surface area contributed by atoms with Gasteiger partial charge in [0, 0.05) is 23.0 Å². The van der Waals surface area contributed by atoms with E-state index in [1.165, 1.54) is 27.5 Å². The number of rotatable bonds is 6. The van der Waals surface area contributed by atoms with Crippen molar-refractivity contribution in [3.8, 4) is 0 Å². The van der Waals surface area contributed by atoms with Gasteiger partial charge < -0.3 is 9.80 Å². The van der Waals surface area contributed by atoms with Crippen LogP contribution in [0.2, 0.25) is 0 Å². The molecule has 0 saturated heterocycles. The van der Waals surface area contributed by atoms with Crippen LogP contribution in [-0.4, -0.2) is 40.7 Å². The molecule has 1 aliphatic heterocycles. The Morgan fingerprint density at radius 2 is 1.74 bits per heavy atom. The topological polar surface area (TPSA) is 40.6 Å². The summed E-state index contributed by atoms with van der Waals surface area (Å²) in [7, 11) is 0. The van der Waals surface area contributed by atoms with Gasteiger partial charge >= 0.3 is 6.18 Å². The van der Waals surface area contributed by atoms with Crippen molar-refractivity contribution in [2.24, 2.45) is 0 Å². The molecule has 0 bridgehead atoms. The van der Waals surface area contributed by atoms with Crippen LogP contribution in [0.4, 0.5) is 13.2 Å². The molecule has 2 amide bonds. The molecule has 1 aliphatic rings. The van der Waals surface area contributed by atoms with Gasteiger partial charge in [-0.2, -0.15) is 13.2 Å². The summed E-state index contributed by atoms with van der Waals surface area (Å²) in [4.78, 5) is 31.8. The summed E-state index contributed by atoms with van der Waals surface area (Å²) in [5.74, 6) is -0.805. The van der Waals surface area contributed by atoms with E-state index >= 15 is 0 Å². The van der Waals surface area contributed by atoms with E-state index in [4.69, 9.17) is 0 Å². The Morgan fingerprint density at radius 3 is 2.36 bits per heavy atom. The number of carbonyl (C=O) groups is 2. The standard InChI is InChI=1S/C31H35F3N2O2S/c1-6-20(2)36(29(38)22-8-7-9-24(18-22)31(32,33)34)19-27(37)35-16-14-26-25(15-17-39-26)28(35)21-10-12-23(13-11-21)30(3,4)5/h7-13,15,17-18,20,28H,6,14,16,19H2,1-5H3/t20-,28+/m0/s1. The Bertz CT molecular complexity index is 1320. The van der Waals surface area contributed by atoms with Crippen molar-refractivity contribution in [3.05, 3.63) is 92.7 Å². The van der Waals surface area contributed by atoms with Crippen LogP contribution in [0.5, 0.6) is 0 Å². The molecule has 0 unspecified atom stereocenters. The highest BCUT2D eigenvalue weighted by Gasteiger charge is 2.36. The van der Waals surface area contributed by atoms with E-state index in [-0.39, 0.29) is 35.5 Å². The zero-order chi connectivity index (χ0) is 28.5. The molecule has 1 aromatic heterocycles. The summed E-state index contributed by atoms with van der Waals surface area (Å²) in [5.41, 5.74) is 2.31. The third-order valence-corrected chi connectivity index (χ3v) is 8.50. The Kier molecular flexibility index (Phi) is 8.26. The van der Waals surface area contributed by atoms with E-state index in [2.05, 4.69) is 51.1 Å². The number of nitrogens with zero attached hydrogens (tertiary/aromatic N) is 2. The quantitative estimate of drug-likeness (QED) is 0.316. The largest absolute Gasteiger partial charge is 0.416 e. The number of halogens is 3. The number of amides is 2. The average Bonchev–Trinajstić information content (AvgIpc) is 3.38. The fourth-order valence-corrected chi connectivity index (χ4v) is 5.89. The second-order valence-corrected chi connectivity index (χ2v) is 12.2. The number of alkyl halides is 3. The van der Waals surface area contributed by atoms with E-state index in [1.54, 1.807) is 11.3 Å². The molecular weight excluding hydrogens is 521 g/mol. The van der Waals surface area contributed by atoms with Gasteiger partial charge in [-0.05, 0) is 71.5 Å². The van der Waals surface area contributed by atoms with E-state index in [9.17, 15) is 22.8 Å². The molecule has 0 N–H and O–H groups in total. The number of fused-ring (bicyclic) bond motifs is 1. The summed E-state index contributed by atoms with van der Waals surface area (Å²) in [6.07, 6.45) is -3.28. The van der Waals surface area contributed by atoms with Gasteiger partial charge in [-0.25, -0.2) is 0 Å². The van der Waals surface area contributed by atoms with E-state index in [0.717, 1.165) is 29.7 Å². The lowest BCUT2D eigenvalue weighted by atomic mass is 9.85. The van der Waals surface area contributed by atoms with Gasteiger partial charge in [0.1, 0.15) is 6.54 Å². The van der Waals surface area contributed by atoms with Crippen molar-refractivity contribution in [3.63, 3.8) is 0 Å². The maximum atomic E-state index is 13.9. The lowest BCUT2D eigenvalue weighted by Crippen LogP contribution is -2.49. The molecular formula is C31H35F3N2O2S. The first-order valence-corrected chi connectivity index (χ1v) is 14.1. The number of thiophene rings is 1. The average molecular weight is 557 g/mol. The van der Waals surface area contributed by atoms with Gasteiger partial charge in [0.05, 0.1) is 11.6 Å². The zero-order valence-electron chi connectivity index (χ0n) is 23.0. The van der Waals surface area contributed by atoms with Crippen molar-refractivity contribution < 1.29 is 22.8 Å². The molecule has 2 atom stereocenters. The molecule has 2 heterocycles. The van der Waals surface area contributed by atoms with Crippen LogP contribution in [0, 0.1) is 0 Å². The molecule has 0 aliphatic carbocycles. The fourth-order valence-electron chi connectivity index (χ4n) is 4.99. The number of hydrogen-bond donors (Lipinski definition) is 0. The summed E-state index contributed by atoms with van der Waals surface area (Å²) >= 11 is 1.68. The maximum absolute atomic E-state index is 13.9. The second-order valence-electron chi connectivity index (χ2n) is 11.2. The smallest absolute Gasteiger partial charge is 0.330 e. The van der Waals surface area contributed by atoms with E-state index in [1.807, 2.05) is 24.1 Å². The van der Waals surface area contributed by atoms with Gasteiger partial charge in [-0.1, -0.05) is 58.0 Å². The van der Waals surface area contributed by atoms with Crippen LogP contribution in [0.3, 0.4) is 0 Å². The van der Waals surface area contributed by atoms with Crippen LogP contribution in [-0.2, 0) is 22.8 Å². The molecule has 0 radical (unpaired) electrons. The van der Waals surface area contributed by atoms with Gasteiger partial charge in [-0.3, -0.25) is 9.59 Å². The molecule has 0 spiro atoms. The van der Waals surface area contributed by atoms with Gasteiger partial charge in [0.25, 0.3) is 5.91 Å². The highest BCUT2D eigenvalue weighted by molar-refractivity contribution is 7.10. The highest BCUT2D eigenvalue weighted by atomic mass is 32.1. The third kappa shape index (κ3) is 6.21. The van der Waals surface area contributed by atoms with Crippen molar-refractivity contribution >= 4 is 23.2 Å². The highest BCUT2D eigenvalue weighted by Crippen LogP contribution is 2.39. The van der Waals surface area contributed by atoms with E-state index in [0.29, 0.717) is 13.0 Å². The van der Waals surface area contributed by atoms with Gasteiger partial charge in [-0.15, -0.1) is 11.3 Å². The van der Waals surface area contributed by atoms with Gasteiger partial charge in [0.15, 0.2) is 0 Å². The molecule has 4 nitrogen and oxygen atoms in total. The van der Waals surface area contributed by atoms with Crippen molar-refractivity contribution in [1.29, 1.82) is 0 Å².